The van der Waals surface area contributed by atoms with Gasteiger partial charge in [0.25, 0.3) is 5.56 Å². The second kappa shape index (κ2) is 9.73. The van der Waals surface area contributed by atoms with Crippen LogP contribution in [0.1, 0.15) is 37.5 Å². The van der Waals surface area contributed by atoms with Gasteiger partial charge in [0.05, 0.1) is 35.7 Å². The zero-order valence-corrected chi connectivity index (χ0v) is 21.5. The number of aryl methyl sites for hydroxylation is 1. The SMILES string of the molecule is Cc1c(-c2ncco2)sc2c1c(=O)n(C(C)(C)C(=O)O)c(=O)n2C[C@H](O[C@H]1CCOC1)c1ccccc1. The van der Waals surface area contributed by atoms with E-state index in [2.05, 4.69) is 4.98 Å². The second-order valence-corrected chi connectivity index (χ2v) is 10.5. The predicted molar refractivity (Wildman–Crippen MR) is 137 cm³/mol. The smallest absolute Gasteiger partial charge is 0.333 e. The lowest BCUT2D eigenvalue weighted by Crippen LogP contribution is -2.52. The number of aliphatic carboxylic acids is 1. The van der Waals surface area contributed by atoms with Gasteiger partial charge in [0.15, 0.2) is 0 Å². The molecule has 0 radical (unpaired) electrons. The molecule has 11 heteroatoms. The van der Waals surface area contributed by atoms with Crippen molar-refractivity contribution in [1.29, 1.82) is 0 Å². The van der Waals surface area contributed by atoms with Crippen molar-refractivity contribution < 1.29 is 23.8 Å². The Bertz CT molecular complexity index is 1550. The summed E-state index contributed by atoms with van der Waals surface area (Å²) in [7, 11) is 0. The Morgan fingerprint density at radius 2 is 2.05 bits per heavy atom. The molecule has 1 aromatic carbocycles. The van der Waals surface area contributed by atoms with Crippen LogP contribution in [-0.2, 0) is 26.4 Å². The number of carboxylic acids is 1. The van der Waals surface area contributed by atoms with Gasteiger partial charge in [-0.05, 0) is 38.3 Å². The van der Waals surface area contributed by atoms with Crippen molar-refractivity contribution in [3.05, 3.63) is 74.8 Å². The highest BCUT2D eigenvalue weighted by molar-refractivity contribution is 7.22. The highest BCUT2D eigenvalue weighted by atomic mass is 32.1. The standard InChI is InChI=1S/C26H27N3O7S/c1-15-19-22(30)29(26(2,3)24(31)32)25(33)28(23(19)37-20(15)21-27-10-12-35-21)13-18(16-7-5-4-6-8-16)36-17-9-11-34-14-17/h4-8,10,12,17-18H,9,11,13-14H2,1-3H3,(H,31,32)/t17-,18-/m0/s1. The summed E-state index contributed by atoms with van der Waals surface area (Å²) in [6, 6.07) is 9.50. The van der Waals surface area contributed by atoms with Gasteiger partial charge in [-0.25, -0.2) is 19.1 Å². The molecule has 2 atom stereocenters. The Morgan fingerprint density at radius 3 is 2.68 bits per heavy atom. The molecule has 0 spiro atoms. The van der Waals surface area contributed by atoms with Crippen molar-refractivity contribution in [2.45, 2.75) is 51.5 Å². The Hall–Kier alpha value is -3.54. The largest absolute Gasteiger partial charge is 0.480 e. The van der Waals surface area contributed by atoms with Gasteiger partial charge >= 0.3 is 11.7 Å². The van der Waals surface area contributed by atoms with Crippen molar-refractivity contribution in [2.75, 3.05) is 13.2 Å². The first-order chi connectivity index (χ1) is 17.7. The van der Waals surface area contributed by atoms with Crippen LogP contribution in [0.3, 0.4) is 0 Å². The summed E-state index contributed by atoms with van der Waals surface area (Å²) < 4.78 is 19.6. The summed E-state index contributed by atoms with van der Waals surface area (Å²) in [4.78, 5) is 45.0. The van der Waals surface area contributed by atoms with Crippen LogP contribution in [0.5, 0.6) is 0 Å². The molecule has 0 saturated carbocycles. The molecule has 4 aromatic rings. The number of carbonyl (C=O) groups is 1. The lowest BCUT2D eigenvalue weighted by atomic mass is 10.1. The number of nitrogens with zero attached hydrogens (tertiary/aromatic N) is 3. The summed E-state index contributed by atoms with van der Waals surface area (Å²) in [5.74, 6) is -0.975. The topological polar surface area (TPSA) is 126 Å². The lowest BCUT2D eigenvalue weighted by Gasteiger charge is -2.26. The minimum Gasteiger partial charge on any atom is -0.480 e. The van der Waals surface area contributed by atoms with Crippen LogP contribution in [0.4, 0.5) is 0 Å². The van der Waals surface area contributed by atoms with Gasteiger partial charge in [-0.15, -0.1) is 11.3 Å². The van der Waals surface area contributed by atoms with Crippen molar-refractivity contribution >= 4 is 27.5 Å². The fourth-order valence-corrected chi connectivity index (χ4v) is 5.79. The van der Waals surface area contributed by atoms with E-state index in [4.69, 9.17) is 13.9 Å². The fourth-order valence-electron chi connectivity index (χ4n) is 4.55. The van der Waals surface area contributed by atoms with Crippen molar-refractivity contribution in [2.24, 2.45) is 0 Å². The third-order valence-electron chi connectivity index (χ3n) is 6.69. The quantitative estimate of drug-likeness (QED) is 0.370. The van der Waals surface area contributed by atoms with Gasteiger partial charge in [-0.1, -0.05) is 30.3 Å². The van der Waals surface area contributed by atoms with E-state index in [9.17, 15) is 19.5 Å². The molecule has 10 nitrogen and oxygen atoms in total. The molecule has 1 N–H and O–H groups in total. The van der Waals surface area contributed by atoms with Crippen LogP contribution >= 0.6 is 11.3 Å². The first kappa shape index (κ1) is 25.1. The third kappa shape index (κ3) is 4.43. The van der Waals surface area contributed by atoms with Crippen LogP contribution in [0, 0.1) is 6.92 Å². The molecule has 0 bridgehead atoms. The number of fused-ring (bicyclic) bond motifs is 1. The Morgan fingerprint density at radius 1 is 1.30 bits per heavy atom. The van der Waals surface area contributed by atoms with Gasteiger partial charge in [-0.3, -0.25) is 9.36 Å². The van der Waals surface area contributed by atoms with Crippen LogP contribution in [0.2, 0.25) is 0 Å². The molecule has 37 heavy (non-hydrogen) atoms. The Kier molecular flexibility index (Phi) is 6.61. The first-order valence-electron chi connectivity index (χ1n) is 11.9. The molecule has 3 aromatic heterocycles. The lowest BCUT2D eigenvalue weighted by molar-refractivity contribution is -0.146. The summed E-state index contributed by atoms with van der Waals surface area (Å²) in [5, 5.41) is 10.2. The molecule has 1 aliphatic rings. The minimum absolute atomic E-state index is 0.0663. The maximum atomic E-state index is 13.9. The number of aromatic nitrogens is 3. The third-order valence-corrected chi connectivity index (χ3v) is 7.99. The molecule has 5 rings (SSSR count). The van der Waals surface area contributed by atoms with Gasteiger partial charge in [0.1, 0.15) is 22.7 Å². The van der Waals surface area contributed by atoms with Crippen LogP contribution in [0.25, 0.3) is 21.0 Å². The Balaban J connectivity index is 1.75. The molecule has 1 saturated heterocycles. The van der Waals surface area contributed by atoms with E-state index in [1.54, 1.807) is 6.92 Å². The van der Waals surface area contributed by atoms with Gasteiger partial charge in [-0.2, -0.15) is 0 Å². The van der Waals surface area contributed by atoms with E-state index in [-0.39, 0.29) is 18.0 Å². The number of oxazole rings is 1. The Labute approximate surface area is 215 Å². The molecular formula is C26H27N3O7S. The van der Waals surface area contributed by atoms with E-state index in [0.29, 0.717) is 34.4 Å². The number of benzene rings is 1. The average Bonchev–Trinajstić information content (AvgIpc) is 3.63. The number of rotatable bonds is 8. The average molecular weight is 526 g/mol. The number of hydrogen-bond donors (Lipinski definition) is 1. The molecule has 194 valence electrons. The van der Waals surface area contributed by atoms with E-state index in [1.165, 1.54) is 42.2 Å². The molecule has 0 unspecified atom stereocenters. The molecular weight excluding hydrogens is 498 g/mol. The van der Waals surface area contributed by atoms with Crippen LogP contribution in [-0.4, -0.2) is 44.5 Å². The van der Waals surface area contributed by atoms with E-state index in [0.717, 1.165) is 16.6 Å². The van der Waals surface area contributed by atoms with Gasteiger partial charge in [0, 0.05) is 6.61 Å². The zero-order valence-electron chi connectivity index (χ0n) is 20.7. The normalized spacial score (nSPS) is 16.9. The number of carboxylic acid groups (broad SMARTS) is 1. The molecule has 0 aliphatic carbocycles. The maximum absolute atomic E-state index is 13.9. The second-order valence-electron chi connectivity index (χ2n) is 9.49. The van der Waals surface area contributed by atoms with Crippen molar-refractivity contribution in [3.8, 4) is 10.8 Å². The summed E-state index contributed by atoms with van der Waals surface area (Å²) in [6.45, 7) is 5.53. The predicted octanol–water partition coefficient (Wildman–Crippen LogP) is 3.55. The highest BCUT2D eigenvalue weighted by Crippen LogP contribution is 2.36. The van der Waals surface area contributed by atoms with Crippen LogP contribution in [0.15, 0.2) is 56.8 Å². The molecule has 1 fully saturated rings. The van der Waals surface area contributed by atoms with E-state index < -0.39 is 28.9 Å². The minimum atomic E-state index is -1.79. The van der Waals surface area contributed by atoms with Crippen molar-refractivity contribution in [3.63, 3.8) is 0 Å². The number of hydrogen-bond acceptors (Lipinski definition) is 8. The molecule has 0 amide bonds. The summed E-state index contributed by atoms with van der Waals surface area (Å²) in [6.07, 6.45) is 2.97. The maximum Gasteiger partial charge on any atom is 0.333 e. The summed E-state index contributed by atoms with van der Waals surface area (Å²) >= 11 is 1.21. The monoisotopic (exact) mass is 525 g/mol. The fraction of sp³-hybridized carbons (Fsp3) is 0.385. The highest BCUT2D eigenvalue weighted by Gasteiger charge is 2.36. The van der Waals surface area contributed by atoms with E-state index in [1.807, 2.05) is 30.3 Å². The zero-order chi connectivity index (χ0) is 26.3. The van der Waals surface area contributed by atoms with Gasteiger partial charge in [0.2, 0.25) is 5.89 Å². The number of thiophene rings is 1. The molecule has 1 aliphatic heterocycles. The van der Waals surface area contributed by atoms with Crippen molar-refractivity contribution in [1.82, 2.24) is 14.1 Å². The first-order valence-corrected chi connectivity index (χ1v) is 12.7. The van der Waals surface area contributed by atoms with Gasteiger partial charge < -0.3 is 19.0 Å². The summed E-state index contributed by atoms with van der Waals surface area (Å²) in [5.41, 5.74) is -1.76. The number of ether oxygens (including phenoxy) is 2. The molecule has 4 heterocycles. The van der Waals surface area contributed by atoms with Crippen LogP contribution < -0.4 is 11.2 Å². The van der Waals surface area contributed by atoms with E-state index >= 15 is 0 Å².